The summed E-state index contributed by atoms with van der Waals surface area (Å²) < 4.78 is 8.73. The highest BCUT2D eigenvalue weighted by molar-refractivity contribution is 5.84. The van der Waals surface area contributed by atoms with Crippen LogP contribution in [0.5, 0.6) is 0 Å². The summed E-state index contributed by atoms with van der Waals surface area (Å²) in [6.45, 7) is 0.184. The van der Waals surface area contributed by atoms with Gasteiger partial charge < -0.3 is 14.4 Å². The Morgan fingerprint density at radius 2 is 2.06 bits per heavy atom. The Morgan fingerprint density at radius 3 is 2.84 bits per heavy atom. The van der Waals surface area contributed by atoms with Crippen LogP contribution >= 0.6 is 0 Å². The molecule has 3 aromatic heterocycles. The number of anilines is 1. The molecule has 8 rings (SSSR count). The Hall–Kier alpha value is -3.75. The molecule has 0 radical (unpaired) electrons. The van der Waals surface area contributed by atoms with Crippen LogP contribution in [0.4, 0.5) is 5.95 Å². The summed E-state index contributed by atoms with van der Waals surface area (Å²) in [7, 11) is 3.54. The molecule has 4 aromatic rings. The second-order valence-corrected chi connectivity index (χ2v) is 8.56. The van der Waals surface area contributed by atoms with Gasteiger partial charge in [0.1, 0.15) is 12.9 Å². The molecule has 0 amide bonds. The Balaban J connectivity index is 1.17. The van der Waals surface area contributed by atoms with Crippen molar-refractivity contribution in [2.24, 2.45) is 24.8 Å². The van der Waals surface area contributed by atoms with Crippen molar-refractivity contribution in [3.05, 3.63) is 70.4 Å². The van der Waals surface area contributed by atoms with E-state index in [0.717, 1.165) is 5.82 Å². The number of nitrogens with zero attached hydrogens (tertiary/aromatic N) is 6. The smallest absolute Gasteiger partial charge is 0.280 e. The lowest BCUT2D eigenvalue weighted by Gasteiger charge is -2.07. The third kappa shape index (κ3) is 1.98. The standard InChI is InChI=1S/C22H19N7O2/c1-23-21-26-18-17(28(21)2)19(30)29(10-24-18)9-14-25-20(27-31-14)22-13-8-12(15(22)16(13)22)11-6-4-3-5-7-11/h3-8,10,13,15-16H,9H2,1-2H3,(H,23,26)/t13-,15?,16-,22-/m0/s1. The minimum absolute atomic E-state index is 0.0177. The zero-order chi connectivity index (χ0) is 20.9. The van der Waals surface area contributed by atoms with Gasteiger partial charge in [0.25, 0.3) is 5.56 Å². The highest BCUT2D eigenvalue weighted by Crippen LogP contribution is 2.90. The van der Waals surface area contributed by atoms with Gasteiger partial charge in [0.05, 0.1) is 5.41 Å². The topological polar surface area (TPSA) is 104 Å². The van der Waals surface area contributed by atoms with E-state index in [1.54, 1.807) is 18.7 Å². The summed E-state index contributed by atoms with van der Waals surface area (Å²) in [5.74, 6) is 3.37. The number of imidazole rings is 1. The van der Waals surface area contributed by atoms with Crippen molar-refractivity contribution in [2.45, 2.75) is 12.0 Å². The first-order valence-corrected chi connectivity index (χ1v) is 10.3. The fourth-order valence-corrected chi connectivity index (χ4v) is 5.63. The summed E-state index contributed by atoms with van der Waals surface area (Å²) in [5, 5.41) is 7.26. The highest BCUT2D eigenvalue weighted by Gasteiger charge is 2.92. The molecule has 4 aliphatic rings. The lowest BCUT2D eigenvalue weighted by atomic mass is 9.97. The maximum Gasteiger partial charge on any atom is 0.280 e. The largest absolute Gasteiger partial charge is 0.359 e. The molecule has 9 heteroatoms. The van der Waals surface area contributed by atoms with E-state index in [4.69, 9.17) is 4.52 Å². The van der Waals surface area contributed by atoms with Gasteiger partial charge in [0.2, 0.25) is 11.8 Å². The highest BCUT2D eigenvalue weighted by atomic mass is 16.5. The molecule has 154 valence electrons. The lowest BCUT2D eigenvalue weighted by Crippen LogP contribution is -2.23. The molecule has 0 aliphatic heterocycles. The van der Waals surface area contributed by atoms with Gasteiger partial charge in [-0.1, -0.05) is 41.6 Å². The molecule has 2 bridgehead atoms. The van der Waals surface area contributed by atoms with Crippen molar-refractivity contribution in [3.8, 4) is 0 Å². The first-order valence-electron chi connectivity index (χ1n) is 10.3. The predicted octanol–water partition coefficient (Wildman–Crippen LogP) is 1.81. The summed E-state index contributed by atoms with van der Waals surface area (Å²) in [6.07, 6.45) is 3.86. The molecule has 4 atom stereocenters. The molecule has 2 saturated carbocycles. The van der Waals surface area contributed by atoms with Gasteiger partial charge in [-0.05, 0) is 23.0 Å². The van der Waals surface area contributed by atoms with Crippen molar-refractivity contribution in [3.63, 3.8) is 0 Å². The van der Waals surface area contributed by atoms with E-state index < -0.39 is 0 Å². The number of allylic oxidation sites excluding steroid dienone is 2. The van der Waals surface area contributed by atoms with E-state index in [1.807, 2.05) is 6.07 Å². The Kier molecular flexibility index (Phi) is 3.00. The van der Waals surface area contributed by atoms with Crippen LogP contribution in [0.1, 0.15) is 17.3 Å². The number of fused-ring (bicyclic) bond motifs is 1. The maximum absolute atomic E-state index is 13.0. The van der Waals surface area contributed by atoms with E-state index >= 15 is 0 Å². The molecule has 1 unspecified atom stereocenters. The number of nitrogens with one attached hydrogen (secondary N) is 1. The minimum Gasteiger partial charge on any atom is -0.359 e. The van der Waals surface area contributed by atoms with Crippen LogP contribution in [-0.4, -0.2) is 36.3 Å². The molecule has 2 fully saturated rings. The fraction of sp³-hybridized carbons (Fsp3) is 0.318. The summed E-state index contributed by atoms with van der Waals surface area (Å²) in [4.78, 5) is 26.3. The lowest BCUT2D eigenvalue weighted by molar-refractivity contribution is 0.361. The molecule has 0 saturated heterocycles. The fourth-order valence-electron chi connectivity index (χ4n) is 5.63. The van der Waals surface area contributed by atoms with E-state index in [1.165, 1.54) is 22.0 Å². The van der Waals surface area contributed by atoms with Gasteiger partial charge >= 0.3 is 0 Å². The van der Waals surface area contributed by atoms with Gasteiger partial charge in [-0.3, -0.25) is 9.36 Å². The summed E-state index contributed by atoms with van der Waals surface area (Å²) >= 11 is 0. The average Bonchev–Trinajstić information content (AvgIpc) is 3.24. The quantitative estimate of drug-likeness (QED) is 0.532. The normalized spacial score (nSPS) is 27.3. The monoisotopic (exact) mass is 413 g/mol. The third-order valence-electron chi connectivity index (χ3n) is 7.19. The van der Waals surface area contributed by atoms with Crippen LogP contribution in [0, 0.1) is 17.8 Å². The number of hydrogen-bond acceptors (Lipinski definition) is 7. The molecule has 9 nitrogen and oxygen atoms in total. The van der Waals surface area contributed by atoms with Crippen LogP contribution < -0.4 is 10.9 Å². The van der Waals surface area contributed by atoms with E-state index in [0.29, 0.717) is 40.8 Å². The van der Waals surface area contributed by atoms with Crippen molar-refractivity contribution < 1.29 is 4.52 Å². The van der Waals surface area contributed by atoms with Crippen LogP contribution in [0.15, 0.2) is 52.1 Å². The molecule has 1 aromatic carbocycles. The Labute approximate surface area is 176 Å². The zero-order valence-electron chi connectivity index (χ0n) is 17.0. The second kappa shape index (κ2) is 5.48. The van der Waals surface area contributed by atoms with Gasteiger partial charge in [0, 0.05) is 20.0 Å². The van der Waals surface area contributed by atoms with E-state index in [2.05, 4.69) is 55.8 Å². The van der Waals surface area contributed by atoms with Gasteiger partial charge in [0.15, 0.2) is 17.0 Å². The van der Waals surface area contributed by atoms with Crippen molar-refractivity contribution >= 4 is 22.7 Å². The van der Waals surface area contributed by atoms with Crippen molar-refractivity contribution in [1.29, 1.82) is 0 Å². The van der Waals surface area contributed by atoms with E-state index in [9.17, 15) is 4.79 Å². The zero-order valence-corrected chi connectivity index (χ0v) is 17.0. The van der Waals surface area contributed by atoms with Crippen molar-refractivity contribution in [1.82, 2.24) is 29.2 Å². The van der Waals surface area contributed by atoms with Crippen LogP contribution in [0.3, 0.4) is 0 Å². The minimum atomic E-state index is -0.191. The van der Waals surface area contributed by atoms with Crippen LogP contribution in [0.2, 0.25) is 0 Å². The van der Waals surface area contributed by atoms with Gasteiger partial charge in [-0.2, -0.15) is 9.97 Å². The SMILES string of the molecule is CNc1nc2ncn(Cc3nc([C@]45C6C(c7ccccc7)=C[C@H]4[C@@H]65)no3)c(=O)c2n1C. The molecule has 4 aliphatic carbocycles. The molecule has 1 N–H and O–H groups in total. The second-order valence-electron chi connectivity index (χ2n) is 8.56. The van der Waals surface area contributed by atoms with Crippen molar-refractivity contribution in [2.75, 3.05) is 12.4 Å². The van der Waals surface area contributed by atoms with E-state index in [-0.39, 0.29) is 17.5 Å². The molecular weight excluding hydrogens is 394 g/mol. The predicted molar refractivity (Wildman–Crippen MR) is 112 cm³/mol. The van der Waals surface area contributed by atoms with Crippen LogP contribution in [-0.2, 0) is 19.0 Å². The van der Waals surface area contributed by atoms with Crippen LogP contribution in [0.25, 0.3) is 16.7 Å². The molecule has 31 heavy (non-hydrogen) atoms. The number of benzene rings is 1. The molecular formula is C22H19N7O2. The Bertz CT molecular complexity index is 1460. The number of hydrogen-bond donors (Lipinski definition) is 1. The first kappa shape index (κ1) is 17.0. The number of aromatic nitrogens is 6. The number of aryl methyl sites for hydroxylation is 1. The Morgan fingerprint density at radius 1 is 1.23 bits per heavy atom. The molecule has 3 heterocycles. The summed E-state index contributed by atoms with van der Waals surface area (Å²) in [6, 6.07) is 10.5. The molecule has 0 spiro atoms. The summed E-state index contributed by atoms with van der Waals surface area (Å²) in [5.41, 5.74) is 3.36. The van der Waals surface area contributed by atoms with Gasteiger partial charge in [-0.15, -0.1) is 0 Å². The van der Waals surface area contributed by atoms with Gasteiger partial charge in [-0.25, -0.2) is 4.98 Å². The maximum atomic E-state index is 13.0. The third-order valence-corrected chi connectivity index (χ3v) is 7.19. The average molecular weight is 413 g/mol. The first-order chi connectivity index (χ1) is 15.1. The number of rotatable bonds is 5.